The van der Waals surface area contributed by atoms with Crippen LogP contribution < -0.4 is 0 Å². The molecule has 0 saturated carbocycles. The molecule has 3 aromatic rings. The first-order valence-electron chi connectivity index (χ1n) is 5.08. The van der Waals surface area contributed by atoms with Gasteiger partial charge in [0.15, 0.2) is 0 Å². The Kier molecular flexibility index (Phi) is 2.11. The average molecular weight is 210 g/mol. The summed E-state index contributed by atoms with van der Waals surface area (Å²) in [7, 11) is 0. The van der Waals surface area contributed by atoms with E-state index in [0.29, 0.717) is 0 Å². The quantitative estimate of drug-likeness (QED) is 0.648. The standard InChI is InChI=1S/C12H10N4/c1-2-4-12-11(3-1)5-10(6-13-12)7-16-8-14-15-9-16/h1-6,8-9H,7H2. The maximum atomic E-state index is 4.41. The molecule has 0 aliphatic carbocycles. The highest BCUT2D eigenvalue weighted by molar-refractivity contribution is 5.78. The molecule has 0 radical (unpaired) electrons. The van der Waals surface area contributed by atoms with Gasteiger partial charge in [-0.25, -0.2) is 0 Å². The van der Waals surface area contributed by atoms with E-state index in [0.717, 1.165) is 23.0 Å². The minimum Gasteiger partial charge on any atom is -0.316 e. The highest BCUT2D eigenvalue weighted by Gasteiger charge is 1.98. The van der Waals surface area contributed by atoms with Crippen molar-refractivity contribution in [1.29, 1.82) is 0 Å². The molecule has 0 aliphatic rings. The van der Waals surface area contributed by atoms with Crippen molar-refractivity contribution in [2.24, 2.45) is 0 Å². The van der Waals surface area contributed by atoms with Gasteiger partial charge in [-0.05, 0) is 17.7 Å². The van der Waals surface area contributed by atoms with Gasteiger partial charge in [-0.3, -0.25) is 4.98 Å². The maximum absolute atomic E-state index is 4.41. The Morgan fingerprint density at radius 3 is 2.75 bits per heavy atom. The van der Waals surface area contributed by atoms with Crippen LogP contribution in [0.3, 0.4) is 0 Å². The summed E-state index contributed by atoms with van der Waals surface area (Å²) in [4.78, 5) is 4.41. The summed E-state index contributed by atoms with van der Waals surface area (Å²) < 4.78 is 1.92. The molecule has 0 bridgehead atoms. The highest BCUT2D eigenvalue weighted by atomic mass is 15.2. The first-order chi connectivity index (χ1) is 7.92. The van der Waals surface area contributed by atoms with Crippen molar-refractivity contribution < 1.29 is 0 Å². The third kappa shape index (κ3) is 1.65. The smallest absolute Gasteiger partial charge is 0.119 e. The van der Waals surface area contributed by atoms with Gasteiger partial charge in [-0.1, -0.05) is 18.2 Å². The van der Waals surface area contributed by atoms with Gasteiger partial charge in [0.25, 0.3) is 0 Å². The summed E-state index contributed by atoms with van der Waals surface area (Å²) in [6.07, 6.45) is 5.30. The Morgan fingerprint density at radius 1 is 1.06 bits per heavy atom. The van der Waals surface area contributed by atoms with Crippen LogP contribution in [0.2, 0.25) is 0 Å². The first kappa shape index (κ1) is 9.03. The van der Waals surface area contributed by atoms with Crippen LogP contribution in [0, 0.1) is 0 Å². The summed E-state index contributed by atoms with van der Waals surface area (Å²) in [5, 5.41) is 8.71. The number of pyridine rings is 1. The number of rotatable bonds is 2. The molecule has 1 aromatic carbocycles. The van der Waals surface area contributed by atoms with Crippen molar-refractivity contribution in [2.45, 2.75) is 6.54 Å². The van der Waals surface area contributed by atoms with E-state index < -0.39 is 0 Å². The average Bonchev–Trinajstić information content (AvgIpc) is 2.82. The van der Waals surface area contributed by atoms with Gasteiger partial charge >= 0.3 is 0 Å². The number of benzene rings is 1. The van der Waals surface area contributed by atoms with Crippen LogP contribution in [-0.4, -0.2) is 19.7 Å². The molecule has 0 spiro atoms. The molecule has 16 heavy (non-hydrogen) atoms. The van der Waals surface area contributed by atoms with Gasteiger partial charge in [-0.15, -0.1) is 10.2 Å². The molecular weight excluding hydrogens is 200 g/mol. The molecule has 0 unspecified atom stereocenters. The van der Waals surface area contributed by atoms with E-state index in [9.17, 15) is 0 Å². The fraction of sp³-hybridized carbons (Fsp3) is 0.0833. The third-order valence-corrected chi connectivity index (χ3v) is 2.48. The van der Waals surface area contributed by atoms with Gasteiger partial charge in [0.05, 0.1) is 12.1 Å². The Bertz CT molecular complexity index is 601. The number of hydrogen-bond acceptors (Lipinski definition) is 3. The monoisotopic (exact) mass is 210 g/mol. The zero-order valence-corrected chi connectivity index (χ0v) is 8.61. The zero-order chi connectivity index (χ0) is 10.8. The molecule has 0 fully saturated rings. The van der Waals surface area contributed by atoms with E-state index in [4.69, 9.17) is 0 Å². The summed E-state index contributed by atoms with van der Waals surface area (Å²) >= 11 is 0. The predicted octanol–water partition coefficient (Wildman–Crippen LogP) is 1.87. The Labute approximate surface area is 92.6 Å². The number of nitrogens with zero attached hydrogens (tertiary/aromatic N) is 4. The molecule has 0 amide bonds. The zero-order valence-electron chi connectivity index (χ0n) is 8.61. The second-order valence-corrected chi connectivity index (χ2v) is 3.67. The molecule has 0 atom stereocenters. The van der Waals surface area contributed by atoms with Crippen LogP contribution in [0.4, 0.5) is 0 Å². The second-order valence-electron chi connectivity index (χ2n) is 3.67. The molecule has 2 heterocycles. The summed E-state index contributed by atoms with van der Waals surface area (Å²) in [5.74, 6) is 0. The Hall–Kier alpha value is -2.23. The molecular formula is C12H10N4. The highest BCUT2D eigenvalue weighted by Crippen LogP contribution is 2.13. The predicted molar refractivity (Wildman–Crippen MR) is 60.9 cm³/mol. The fourth-order valence-electron chi connectivity index (χ4n) is 1.72. The minimum absolute atomic E-state index is 0.755. The van der Waals surface area contributed by atoms with Crippen molar-refractivity contribution in [3.05, 3.63) is 54.7 Å². The number of aromatic nitrogens is 4. The molecule has 2 aromatic heterocycles. The van der Waals surface area contributed by atoms with Gasteiger partial charge in [0.1, 0.15) is 12.7 Å². The van der Waals surface area contributed by atoms with E-state index in [1.807, 2.05) is 29.0 Å². The second kappa shape index (κ2) is 3.73. The van der Waals surface area contributed by atoms with E-state index in [1.165, 1.54) is 0 Å². The summed E-state index contributed by atoms with van der Waals surface area (Å²) in [6.45, 7) is 0.755. The topological polar surface area (TPSA) is 43.6 Å². The SMILES string of the molecule is c1ccc2ncc(Cn3cnnc3)cc2c1. The molecule has 4 heteroatoms. The molecule has 0 saturated heterocycles. The lowest BCUT2D eigenvalue weighted by Gasteiger charge is -2.03. The largest absolute Gasteiger partial charge is 0.316 e. The molecule has 0 aliphatic heterocycles. The van der Waals surface area contributed by atoms with Crippen LogP contribution in [0.15, 0.2) is 49.2 Å². The lowest BCUT2D eigenvalue weighted by atomic mass is 10.1. The van der Waals surface area contributed by atoms with Crippen LogP contribution in [0.5, 0.6) is 0 Å². The van der Waals surface area contributed by atoms with Crippen LogP contribution in [0.25, 0.3) is 10.9 Å². The number of para-hydroxylation sites is 1. The van der Waals surface area contributed by atoms with Crippen LogP contribution >= 0.6 is 0 Å². The van der Waals surface area contributed by atoms with E-state index in [2.05, 4.69) is 27.3 Å². The van der Waals surface area contributed by atoms with Crippen molar-refractivity contribution in [3.63, 3.8) is 0 Å². The lowest BCUT2D eigenvalue weighted by molar-refractivity contribution is 0.792. The fourth-order valence-corrected chi connectivity index (χ4v) is 1.72. The van der Waals surface area contributed by atoms with Crippen LogP contribution in [-0.2, 0) is 6.54 Å². The van der Waals surface area contributed by atoms with Crippen LogP contribution in [0.1, 0.15) is 5.56 Å². The van der Waals surface area contributed by atoms with E-state index in [1.54, 1.807) is 12.7 Å². The van der Waals surface area contributed by atoms with Gasteiger partial charge in [-0.2, -0.15) is 0 Å². The van der Waals surface area contributed by atoms with Gasteiger partial charge in [0.2, 0.25) is 0 Å². The first-order valence-corrected chi connectivity index (χ1v) is 5.08. The van der Waals surface area contributed by atoms with Gasteiger partial charge in [0, 0.05) is 11.6 Å². The summed E-state index contributed by atoms with van der Waals surface area (Å²) in [6, 6.07) is 10.2. The van der Waals surface area contributed by atoms with E-state index in [-0.39, 0.29) is 0 Å². The molecule has 4 nitrogen and oxygen atoms in total. The van der Waals surface area contributed by atoms with Gasteiger partial charge < -0.3 is 4.57 Å². The number of fused-ring (bicyclic) bond motifs is 1. The van der Waals surface area contributed by atoms with Crippen molar-refractivity contribution in [2.75, 3.05) is 0 Å². The van der Waals surface area contributed by atoms with Crippen molar-refractivity contribution in [3.8, 4) is 0 Å². The Morgan fingerprint density at radius 2 is 1.88 bits per heavy atom. The maximum Gasteiger partial charge on any atom is 0.119 e. The van der Waals surface area contributed by atoms with E-state index >= 15 is 0 Å². The summed E-state index contributed by atoms with van der Waals surface area (Å²) in [5.41, 5.74) is 2.17. The molecule has 3 rings (SSSR count). The minimum atomic E-state index is 0.755. The lowest BCUT2D eigenvalue weighted by Crippen LogP contribution is -1.97. The molecule has 0 N–H and O–H groups in total. The normalized spacial score (nSPS) is 10.8. The third-order valence-electron chi connectivity index (χ3n) is 2.48. The molecule has 78 valence electrons. The number of hydrogen-bond donors (Lipinski definition) is 0. The van der Waals surface area contributed by atoms with Crippen molar-refractivity contribution >= 4 is 10.9 Å². The van der Waals surface area contributed by atoms with Crippen molar-refractivity contribution in [1.82, 2.24) is 19.7 Å². The Balaban J connectivity index is 1.99.